The predicted octanol–water partition coefficient (Wildman–Crippen LogP) is 2.46. The van der Waals surface area contributed by atoms with Gasteiger partial charge in [-0.05, 0) is 36.6 Å². The van der Waals surface area contributed by atoms with E-state index in [0.717, 1.165) is 42.4 Å². The lowest BCUT2D eigenvalue weighted by atomic mass is 10.1. The Kier molecular flexibility index (Phi) is 5.14. The number of amides is 2. The Morgan fingerprint density at radius 3 is 2.64 bits per heavy atom. The summed E-state index contributed by atoms with van der Waals surface area (Å²) in [6.07, 6.45) is 4.40. The van der Waals surface area contributed by atoms with Crippen LogP contribution in [0.25, 0.3) is 10.9 Å². The first-order chi connectivity index (χ1) is 10.5. The van der Waals surface area contributed by atoms with E-state index in [1.165, 1.54) is 19.1 Å². The second-order valence-electron chi connectivity index (χ2n) is 5.38. The molecule has 1 saturated heterocycles. The van der Waals surface area contributed by atoms with Crippen molar-refractivity contribution in [2.75, 3.05) is 13.1 Å². The van der Waals surface area contributed by atoms with Crippen molar-refractivity contribution in [2.24, 2.45) is 5.73 Å². The van der Waals surface area contributed by atoms with Gasteiger partial charge in [-0.3, -0.25) is 9.59 Å². The van der Waals surface area contributed by atoms with Crippen LogP contribution < -0.4 is 5.73 Å². The third-order valence-corrected chi connectivity index (χ3v) is 3.53. The van der Waals surface area contributed by atoms with Gasteiger partial charge in [-0.25, -0.2) is 4.39 Å². The van der Waals surface area contributed by atoms with Gasteiger partial charge in [0.1, 0.15) is 5.82 Å². The number of hydrogen-bond donors (Lipinski definition) is 2. The zero-order chi connectivity index (χ0) is 16.1. The number of aromatic amines is 1. The number of benzene rings is 1. The van der Waals surface area contributed by atoms with Gasteiger partial charge in [-0.1, -0.05) is 0 Å². The highest BCUT2D eigenvalue weighted by molar-refractivity contribution is 5.89. The molecule has 0 unspecified atom stereocenters. The van der Waals surface area contributed by atoms with Crippen LogP contribution in [-0.4, -0.2) is 34.8 Å². The Morgan fingerprint density at radius 2 is 2.00 bits per heavy atom. The van der Waals surface area contributed by atoms with E-state index in [1.54, 1.807) is 12.3 Å². The minimum Gasteiger partial charge on any atom is -0.370 e. The predicted molar refractivity (Wildman–Crippen MR) is 86.9 cm³/mol. The van der Waals surface area contributed by atoms with E-state index in [1.807, 2.05) is 4.90 Å². The van der Waals surface area contributed by atoms with Gasteiger partial charge in [0.25, 0.3) is 0 Å². The molecule has 1 aromatic carbocycles. The molecule has 1 aliphatic heterocycles. The van der Waals surface area contributed by atoms with Crippen LogP contribution in [0.4, 0.5) is 4.39 Å². The van der Waals surface area contributed by atoms with Crippen molar-refractivity contribution >= 4 is 22.7 Å². The molecule has 3 N–H and O–H groups in total. The van der Waals surface area contributed by atoms with Crippen molar-refractivity contribution < 1.29 is 16.8 Å². The minimum absolute atomic E-state index is 0. The molecule has 1 fully saturated rings. The number of rotatable bonds is 2. The van der Waals surface area contributed by atoms with E-state index in [-0.39, 0.29) is 20.5 Å². The fourth-order valence-electron chi connectivity index (χ4n) is 2.55. The molecule has 2 aromatic rings. The summed E-state index contributed by atoms with van der Waals surface area (Å²) in [5, 5.41) is 0.934. The van der Waals surface area contributed by atoms with Crippen LogP contribution in [0.1, 0.15) is 28.2 Å². The number of nitrogens with one attached hydrogen (secondary N) is 1. The van der Waals surface area contributed by atoms with Gasteiger partial charge in [0, 0.05) is 40.0 Å². The Balaban J connectivity index is 0.000000801. The second-order valence-corrected chi connectivity index (χ2v) is 5.38. The molecule has 22 heavy (non-hydrogen) atoms. The normalized spacial score (nSPS) is 13.8. The highest BCUT2D eigenvalue weighted by Gasteiger charge is 2.19. The van der Waals surface area contributed by atoms with Crippen molar-refractivity contribution in [3.05, 3.63) is 35.8 Å². The molecule has 1 aliphatic rings. The number of nitrogens with zero attached hydrogens (tertiary/aromatic N) is 1. The molecule has 0 saturated carbocycles. The summed E-state index contributed by atoms with van der Waals surface area (Å²) in [4.78, 5) is 26.2. The number of hydrogen-bond acceptors (Lipinski definition) is 2. The van der Waals surface area contributed by atoms with Crippen molar-refractivity contribution in [3.63, 3.8) is 0 Å². The van der Waals surface area contributed by atoms with E-state index in [4.69, 9.17) is 0 Å². The zero-order valence-electron chi connectivity index (χ0n) is 12.6. The van der Waals surface area contributed by atoms with Crippen LogP contribution in [0.15, 0.2) is 24.4 Å². The number of nitrogens with two attached hydrogens (primary N) is 1. The van der Waals surface area contributed by atoms with Crippen molar-refractivity contribution in [1.29, 1.82) is 0 Å². The quantitative estimate of drug-likeness (QED) is 0.893. The highest BCUT2D eigenvalue weighted by Crippen LogP contribution is 2.21. The summed E-state index contributed by atoms with van der Waals surface area (Å²) < 4.78 is 13.1. The lowest BCUT2D eigenvalue weighted by molar-refractivity contribution is -0.129. The molecule has 6 heteroatoms. The standard InChI is InChI=1S/C14H15FN2O.C2H5NO.2H2/c15-11-3-4-12-10(9-16-13(12)8-11)7-14(18)17-5-1-2-6-17;1-2(3)4;;/h3-4,8-9,16H,1-2,5-7H2;1H3,(H2,3,4);2*1H. The van der Waals surface area contributed by atoms with E-state index in [0.29, 0.717) is 6.42 Å². The van der Waals surface area contributed by atoms with Crippen LogP contribution >= 0.6 is 0 Å². The van der Waals surface area contributed by atoms with Crippen LogP contribution in [0.3, 0.4) is 0 Å². The van der Waals surface area contributed by atoms with E-state index < -0.39 is 0 Å². The number of primary amides is 1. The second kappa shape index (κ2) is 7.06. The van der Waals surface area contributed by atoms with Crippen LogP contribution in [0, 0.1) is 5.82 Å². The van der Waals surface area contributed by atoms with E-state index in [2.05, 4.69) is 10.7 Å². The molecule has 1 aromatic heterocycles. The zero-order valence-corrected chi connectivity index (χ0v) is 12.6. The maximum Gasteiger partial charge on any atom is 0.227 e. The lowest BCUT2D eigenvalue weighted by Gasteiger charge is -2.14. The van der Waals surface area contributed by atoms with Gasteiger partial charge in [0.2, 0.25) is 11.8 Å². The third kappa shape index (κ3) is 4.07. The fourth-order valence-corrected chi connectivity index (χ4v) is 2.55. The monoisotopic (exact) mass is 309 g/mol. The van der Waals surface area contributed by atoms with Gasteiger partial charge < -0.3 is 15.6 Å². The lowest BCUT2D eigenvalue weighted by Crippen LogP contribution is -2.28. The van der Waals surface area contributed by atoms with Crippen LogP contribution in [0.2, 0.25) is 0 Å². The van der Waals surface area contributed by atoms with Gasteiger partial charge >= 0.3 is 0 Å². The topological polar surface area (TPSA) is 79.2 Å². The fraction of sp³-hybridized carbons (Fsp3) is 0.375. The SMILES string of the molecule is CC(N)=O.O=C(Cc1c[nH]c2cc(F)ccc12)N1CCCC1.[HH].[HH]. The average Bonchev–Trinajstić information content (AvgIpc) is 3.07. The molecule has 5 nitrogen and oxygen atoms in total. The first-order valence-corrected chi connectivity index (χ1v) is 7.26. The summed E-state index contributed by atoms with van der Waals surface area (Å²) >= 11 is 0. The molecule has 2 amide bonds. The Morgan fingerprint density at radius 1 is 1.36 bits per heavy atom. The molecule has 3 rings (SSSR count). The van der Waals surface area contributed by atoms with E-state index >= 15 is 0 Å². The summed E-state index contributed by atoms with van der Waals surface area (Å²) in [6, 6.07) is 4.62. The molecule has 0 radical (unpaired) electrons. The number of likely N-dealkylation sites (tertiary alicyclic amines) is 1. The summed E-state index contributed by atoms with van der Waals surface area (Å²) in [6.45, 7) is 3.05. The third-order valence-electron chi connectivity index (χ3n) is 3.53. The van der Waals surface area contributed by atoms with Gasteiger partial charge in [0.05, 0.1) is 6.42 Å². The Labute approximate surface area is 131 Å². The largest absolute Gasteiger partial charge is 0.370 e. The Bertz CT molecular complexity index is 681. The molecule has 0 bridgehead atoms. The molecular formula is C16H24FN3O2. The molecule has 2 heterocycles. The summed E-state index contributed by atoms with van der Waals surface area (Å²) in [7, 11) is 0. The van der Waals surface area contributed by atoms with E-state index in [9.17, 15) is 14.0 Å². The number of halogens is 1. The van der Waals surface area contributed by atoms with Crippen LogP contribution in [0.5, 0.6) is 0 Å². The van der Waals surface area contributed by atoms with Crippen LogP contribution in [-0.2, 0) is 16.0 Å². The number of carbonyl (C=O) groups is 2. The molecule has 0 spiro atoms. The summed E-state index contributed by atoms with van der Waals surface area (Å²) in [5.41, 5.74) is 6.17. The molecular weight excluding hydrogens is 285 g/mol. The smallest absolute Gasteiger partial charge is 0.227 e. The Hall–Kier alpha value is -2.37. The maximum absolute atomic E-state index is 13.1. The number of carbonyl (C=O) groups excluding carboxylic acids is 2. The van der Waals surface area contributed by atoms with Gasteiger partial charge in [0.15, 0.2) is 0 Å². The first kappa shape index (κ1) is 16.0. The van der Waals surface area contributed by atoms with Crippen molar-refractivity contribution in [1.82, 2.24) is 9.88 Å². The number of H-pyrrole nitrogens is 1. The molecule has 122 valence electrons. The van der Waals surface area contributed by atoms with Gasteiger partial charge in [-0.2, -0.15) is 0 Å². The summed E-state index contributed by atoms with van der Waals surface area (Å²) in [5.74, 6) is -0.431. The number of fused-ring (bicyclic) bond motifs is 1. The van der Waals surface area contributed by atoms with Crippen molar-refractivity contribution in [2.45, 2.75) is 26.2 Å². The molecule has 0 atom stereocenters. The van der Waals surface area contributed by atoms with Gasteiger partial charge in [-0.15, -0.1) is 0 Å². The maximum atomic E-state index is 13.1. The average molecular weight is 309 g/mol. The molecule has 0 aliphatic carbocycles. The minimum atomic E-state index is -0.333. The first-order valence-electron chi connectivity index (χ1n) is 7.26. The number of aromatic nitrogens is 1. The highest BCUT2D eigenvalue weighted by atomic mass is 19.1. The van der Waals surface area contributed by atoms with Crippen molar-refractivity contribution in [3.8, 4) is 0 Å².